The van der Waals surface area contributed by atoms with Crippen LogP contribution in [-0.4, -0.2) is 24.7 Å². The zero-order chi connectivity index (χ0) is 7.98. The van der Waals surface area contributed by atoms with Crippen molar-refractivity contribution in [2.24, 2.45) is 5.92 Å². The van der Waals surface area contributed by atoms with Gasteiger partial charge in [-0.05, 0) is 5.92 Å². The molecule has 60 valence electrons. The monoisotopic (exact) mass is 148 g/mol. The van der Waals surface area contributed by atoms with E-state index in [0.29, 0.717) is 6.61 Å². The summed E-state index contributed by atoms with van der Waals surface area (Å²) in [6.45, 7) is 3.51. The highest BCUT2D eigenvalue weighted by Crippen LogP contribution is 1.93. The Morgan fingerprint density at radius 1 is 1.50 bits per heavy atom. The fourth-order valence-electron chi connectivity index (χ4n) is 0.329. The summed E-state index contributed by atoms with van der Waals surface area (Å²) >= 11 is 0. The van der Waals surface area contributed by atoms with Crippen LogP contribution < -0.4 is 0 Å². The van der Waals surface area contributed by atoms with E-state index >= 15 is 0 Å². The molecule has 0 unspecified atom stereocenters. The molecular weight excluding hydrogens is 136 g/mol. The van der Waals surface area contributed by atoms with Gasteiger partial charge in [-0.25, -0.2) is 4.79 Å². The highest BCUT2D eigenvalue weighted by Gasteiger charge is 2.02. The quantitative estimate of drug-likeness (QED) is 0.474. The minimum absolute atomic E-state index is 0.284. The van der Waals surface area contributed by atoms with Gasteiger partial charge < -0.3 is 14.6 Å². The summed E-state index contributed by atoms with van der Waals surface area (Å²) in [4.78, 5) is 10.3. The third-order valence-electron chi connectivity index (χ3n) is 0.717. The van der Waals surface area contributed by atoms with Crippen LogP contribution in [0.15, 0.2) is 0 Å². The first-order chi connectivity index (χ1) is 4.66. The summed E-state index contributed by atoms with van der Waals surface area (Å²) in [5.74, 6) is 0.284. The van der Waals surface area contributed by atoms with Gasteiger partial charge in [-0.2, -0.15) is 0 Å². The smallest absolute Gasteiger partial charge is 0.434 e. The van der Waals surface area contributed by atoms with Gasteiger partial charge in [0.15, 0.2) is 6.79 Å². The van der Waals surface area contributed by atoms with Gasteiger partial charge in [-0.15, -0.1) is 0 Å². The molecule has 0 aliphatic rings. The molecule has 0 heterocycles. The van der Waals surface area contributed by atoms with Gasteiger partial charge in [0.2, 0.25) is 0 Å². The fraction of sp³-hybridized carbons (Fsp3) is 0.833. The van der Waals surface area contributed by atoms with Gasteiger partial charge in [0.25, 0.3) is 0 Å². The van der Waals surface area contributed by atoms with E-state index in [0.717, 1.165) is 0 Å². The predicted octanol–water partition coefficient (Wildman–Crippen LogP) is 0.745. The van der Waals surface area contributed by atoms with E-state index in [1.165, 1.54) is 0 Å². The van der Waals surface area contributed by atoms with Crippen molar-refractivity contribution in [1.82, 2.24) is 0 Å². The molecule has 0 saturated heterocycles. The third kappa shape index (κ3) is 5.37. The van der Waals surface area contributed by atoms with Crippen molar-refractivity contribution < 1.29 is 19.4 Å². The van der Waals surface area contributed by atoms with Gasteiger partial charge in [0.05, 0.1) is 6.61 Å². The van der Waals surface area contributed by atoms with Gasteiger partial charge in [0, 0.05) is 0 Å². The van der Waals surface area contributed by atoms with E-state index in [-0.39, 0.29) is 5.92 Å². The molecule has 0 rings (SSSR count). The molecule has 0 amide bonds. The minimum Gasteiger partial charge on any atom is -0.434 e. The molecule has 0 aliphatic carbocycles. The van der Waals surface area contributed by atoms with Crippen molar-refractivity contribution in [1.29, 1.82) is 0 Å². The lowest BCUT2D eigenvalue weighted by Crippen LogP contribution is -2.11. The second-order valence-electron chi connectivity index (χ2n) is 2.23. The van der Waals surface area contributed by atoms with E-state index in [1.54, 1.807) is 0 Å². The SMILES string of the molecule is CC(C)COC(=O)OCO. The summed E-state index contributed by atoms with van der Waals surface area (Å²) in [6, 6.07) is 0. The predicted molar refractivity (Wildman–Crippen MR) is 34.4 cm³/mol. The maximum atomic E-state index is 10.3. The summed E-state index contributed by atoms with van der Waals surface area (Å²) in [7, 11) is 0. The first-order valence-electron chi connectivity index (χ1n) is 3.07. The van der Waals surface area contributed by atoms with Gasteiger partial charge in [-0.1, -0.05) is 13.8 Å². The summed E-state index contributed by atoms with van der Waals surface area (Å²) in [6.07, 6.45) is -0.823. The third-order valence-corrected chi connectivity index (χ3v) is 0.717. The Morgan fingerprint density at radius 2 is 2.10 bits per heavy atom. The zero-order valence-corrected chi connectivity index (χ0v) is 6.16. The fourth-order valence-corrected chi connectivity index (χ4v) is 0.329. The van der Waals surface area contributed by atoms with Crippen LogP contribution in [0.5, 0.6) is 0 Å². The largest absolute Gasteiger partial charge is 0.510 e. The maximum Gasteiger partial charge on any atom is 0.510 e. The highest BCUT2D eigenvalue weighted by atomic mass is 16.8. The number of aliphatic hydroxyl groups excluding tert-OH is 1. The Balaban J connectivity index is 3.22. The van der Waals surface area contributed by atoms with Crippen LogP contribution in [0.25, 0.3) is 0 Å². The zero-order valence-electron chi connectivity index (χ0n) is 6.16. The molecule has 10 heavy (non-hydrogen) atoms. The number of rotatable bonds is 3. The molecule has 0 radical (unpaired) electrons. The van der Waals surface area contributed by atoms with Crippen LogP contribution >= 0.6 is 0 Å². The van der Waals surface area contributed by atoms with Crippen LogP contribution in [0.1, 0.15) is 13.8 Å². The molecule has 0 saturated carbocycles. The lowest BCUT2D eigenvalue weighted by Gasteiger charge is -2.05. The van der Waals surface area contributed by atoms with Crippen molar-refractivity contribution in [2.75, 3.05) is 13.4 Å². The Labute approximate surface area is 59.7 Å². The van der Waals surface area contributed by atoms with E-state index in [9.17, 15) is 4.79 Å². The normalized spacial score (nSPS) is 9.60. The number of carbonyl (C=O) groups excluding carboxylic acids is 1. The van der Waals surface area contributed by atoms with E-state index in [2.05, 4.69) is 9.47 Å². The lowest BCUT2D eigenvalue weighted by atomic mass is 10.2. The van der Waals surface area contributed by atoms with E-state index < -0.39 is 12.9 Å². The molecule has 0 bridgehead atoms. The average molecular weight is 148 g/mol. The standard InChI is InChI=1S/C6H12O4/c1-5(2)3-9-6(8)10-4-7/h5,7H,3-4H2,1-2H3. The lowest BCUT2D eigenvalue weighted by molar-refractivity contribution is -0.00943. The second kappa shape index (κ2) is 5.05. The van der Waals surface area contributed by atoms with Crippen LogP contribution in [0.3, 0.4) is 0 Å². The number of ether oxygens (including phenoxy) is 2. The topological polar surface area (TPSA) is 55.8 Å². The molecule has 0 aromatic carbocycles. The molecule has 1 N–H and O–H groups in total. The highest BCUT2D eigenvalue weighted by molar-refractivity contribution is 5.59. The second-order valence-corrected chi connectivity index (χ2v) is 2.23. The minimum atomic E-state index is -0.823. The van der Waals surface area contributed by atoms with Gasteiger partial charge in [0.1, 0.15) is 0 Å². The molecule has 0 spiro atoms. The first kappa shape index (κ1) is 9.23. The number of carbonyl (C=O) groups is 1. The Hall–Kier alpha value is -0.770. The van der Waals surface area contributed by atoms with E-state index in [1.807, 2.05) is 13.8 Å². The Bertz CT molecular complexity index is 99.9. The van der Waals surface area contributed by atoms with E-state index in [4.69, 9.17) is 5.11 Å². The average Bonchev–Trinajstić information content (AvgIpc) is 1.85. The summed E-state index contributed by atoms with van der Waals surface area (Å²) in [5.41, 5.74) is 0. The number of hydrogen-bond acceptors (Lipinski definition) is 4. The van der Waals surface area contributed by atoms with Crippen molar-refractivity contribution >= 4 is 6.16 Å². The van der Waals surface area contributed by atoms with Gasteiger partial charge >= 0.3 is 6.16 Å². The Kier molecular flexibility index (Phi) is 4.66. The molecule has 4 heteroatoms. The first-order valence-corrected chi connectivity index (χ1v) is 3.07. The summed E-state index contributed by atoms with van der Waals surface area (Å²) < 4.78 is 8.61. The molecule has 0 fully saturated rings. The maximum absolute atomic E-state index is 10.3. The van der Waals surface area contributed by atoms with Crippen molar-refractivity contribution in [3.05, 3.63) is 0 Å². The van der Waals surface area contributed by atoms with Crippen LogP contribution in [0.2, 0.25) is 0 Å². The molecule has 0 atom stereocenters. The van der Waals surface area contributed by atoms with Crippen LogP contribution in [0.4, 0.5) is 4.79 Å². The molecule has 0 aliphatic heterocycles. The summed E-state index contributed by atoms with van der Waals surface area (Å²) in [5, 5.41) is 8.08. The van der Waals surface area contributed by atoms with Crippen molar-refractivity contribution in [3.8, 4) is 0 Å². The molecular formula is C6H12O4. The van der Waals surface area contributed by atoms with Gasteiger partial charge in [-0.3, -0.25) is 0 Å². The van der Waals surface area contributed by atoms with Crippen molar-refractivity contribution in [2.45, 2.75) is 13.8 Å². The van der Waals surface area contributed by atoms with Crippen molar-refractivity contribution in [3.63, 3.8) is 0 Å². The Morgan fingerprint density at radius 3 is 2.50 bits per heavy atom. The molecule has 4 nitrogen and oxygen atoms in total. The molecule has 0 aromatic heterocycles. The number of aliphatic hydroxyl groups is 1. The molecule has 0 aromatic rings. The number of hydrogen-bond donors (Lipinski definition) is 1. The van der Waals surface area contributed by atoms with Crippen LogP contribution in [0, 0.1) is 5.92 Å². The van der Waals surface area contributed by atoms with Crippen LogP contribution in [-0.2, 0) is 9.47 Å².